The van der Waals surface area contributed by atoms with Crippen LogP contribution in [-0.2, 0) is 21.7 Å². The van der Waals surface area contributed by atoms with Gasteiger partial charge in [0.25, 0.3) is 0 Å². The van der Waals surface area contributed by atoms with Gasteiger partial charge in [-0.25, -0.2) is 0 Å². The molecule has 30 heavy (non-hydrogen) atoms. The molecule has 0 radical (unpaired) electrons. The lowest BCUT2D eigenvalue weighted by Gasteiger charge is -2.51. The Bertz CT molecular complexity index is 1190. The Kier molecular flexibility index (Phi) is 3.59. The number of carbonyl (C=O) groups excluding carboxylic acids is 2. The normalized spacial score (nSPS) is 28.3. The molecule has 2 unspecified atom stereocenters. The lowest BCUT2D eigenvalue weighted by Crippen LogP contribution is -2.53. The van der Waals surface area contributed by atoms with Crippen LogP contribution in [0.2, 0.25) is 5.02 Å². The van der Waals surface area contributed by atoms with E-state index < -0.39 is 17.4 Å². The van der Waals surface area contributed by atoms with Crippen LogP contribution in [0.25, 0.3) is 0 Å². The van der Waals surface area contributed by atoms with E-state index in [-0.39, 0.29) is 24.3 Å². The number of benzene rings is 3. The predicted molar refractivity (Wildman–Crippen MR) is 112 cm³/mol. The van der Waals surface area contributed by atoms with Gasteiger partial charge in [0.15, 0.2) is 0 Å². The van der Waals surface area contributed by atoms with E-state index in [2.05, 4.69) is 0 Å². The molecule has 0 saturated carbocycles. The van der Waals surface area contributed by atoms with E-state index in [0.29, 0.717) is 10.6 Å². The molecule has 1 saturated heterocycles. The van der Waals surface area contributed by atoms with Crippen molar-refractivity contribution in [3.8, 4) is 0 Å². The summed E-state index contributed by atoms with van der Waals surface area (Å²) >= 11 is 6.30. The summed E-state index contributed by atoms with van der Waals surface area (Å²) in [6.45, 7) is 0.111. The van der Waals surface area contributed by atoms with Crippen molar-refractivity contribution in [2.24, 2.45) is 11.8 Å². The fourth-order valence-corrected chi connectivity index (χ4v) is 5.94. The van der Waals surface area contributed by atoms with Crippen LogP contribution in [-0.4, -0.2) is 21.8 Å². The topological polar surface area (TPSA) is 57.6 Å². The quantitative estimate of drug-likeness (QED) is 0.647. The van der Waals surface area contributed by atoms with Gasteiger partial charge in [-0.05, 0) is 33.9 Å². The smallest absolute Gasteiger partial charge is 0.237 e. The maximum Gasteiger partial charge on any atom is 0.237 e. The Labute approximate surface area is 178 Å². The van der Waals surface area contributed by atoms with Crippen molar-refractivity contribution in [1.29, 1.82) is 0 Å². The fourth-order valence-electron chi connectivity index (χ4n) is 5.74. The number of imide groups is 1. The third-order valence-electron chi connectivity index (χ3n) is 6.95. The van der Waals surface area contributed by atoms with Crippen LogP contribution < -0.4 is 0 Å². The minimum Gasteiger partial charge on any atom is -0.379 e. The standard InChI is InChI=1S/C25H18ClNO3/c26-19-12-6-1-7-14(19)13-27-23(28)21-20-15-8-2-4-10-17(15)25(30,22(21)24(27)29)18-11-5-3-9-16(18)20/h1-12,20-22,30H,13H2. The van der Waals surface area contributed by atoms with Crippen LogP contribution >= 0.6 is 11.6 Å². The minimum absolute atomic E-state index is 0.111. The summed E-state index contributed by atoms with van der Waals surface area (Å²) in [6, 6.07) is 22.5. The third kappa shape index (κ3) is 2.05. The molecule has 1 N–H and O–H groups in total. The van der Waals surface area contributed by atoms with Crippen molar-refractivity contribution < 1.29 is 14.7 Å². The monoisotopic (exact) mass is 415 g/mol. The van der Waals surface area contributed by atoms with E-state index in [9.17, 15) is 14.7 Å². The summed E-state index contributed by atoms with van der Waals surface area (Å²) in [5.74, 6) is -2.26. The number of nitrogens with zero attached hydrogens (tertiary/aromatic N) is 1. The molecule has 0 aromatic heterocycles. The highest BCUT2D eigenvalue weighted by Gasteiger charge is 2.67. The molecular weight excluding hydrogens is 398 g/mol. The molecule has 1 fully saturated rings. The van der Waals surface area contributed by atoms with Crippen molar-refractivity contribution in [2.45, 2.75) is 18.1 Å². The van der Waals surface area contributed by atoms with Crippen LogP contribution in [0.4, 0.5) is 0 Å². The van der Waals surface area contributed by atoms with E-state index in [4.69, 9.17) is 11.6 Å². The van der Waals surface area contributed by atoms with Crippen molar-refractivity contribution in [1.82, 2.24) is 4.90 Å². The van der Waals surface area contributed by atoms with Crippen LogP contribution in [0.1, 0.15) is 33.7 Å². The molecule has 3 aliphatic carbocycles. The maximum atomic E-state index is 13.6. The number of likely N-dealkylation sites (tertiary alicyclic amines) is 1. The van der Waals surface area contributed by atoms with E-state index in [1.807, 2.05) is 66.7 Å². The molecule has 0 spiro atoms. The first-order valence-corrected chi connectivity index (χ1v) is 10.4. The number of hydrogen-bond donors (Lipinski definition) is 1. The van der Waals surface area contributed by atoms with Gasteiger partial charge in [-0.3, -0.25) is 14.5 Å². The molecule has 2 amide bonds. The highest BCUT2D eigenvalue weighted by atomic mass is 35.5. The second-order valence-corrected chi connectivity index (χ2v) is 8.68. The average molecular weight is 416 g/mol. The first-order valence-electron chi connectivity index (χ1n) is 10.0. The van der Waals surface area contributed by atoms with Gasteiger partial charge in [0.05, 0.1) is 18.4 Å². The number of halogens is 1. The minimum atomic E-state index is -1.52. The van der Waals surface area contributed by atoms with Gasteiger partial charge in [-0.2, -0.15) is 0 Å². The zero-order valence-corrected chi connectivity index (χ0v) is 16.7. The molecule has 2 bridgehead atoms. The molecule has 1 aliphatic heterocycles. The number of amides is 2. The lowest BCUT2D eigenvalue weighted by molar-refractivity contribution is -0.142. The van der Waals surface area contributed by atoms with Crippen molar-refractivity contribution in [3.05, 3.63) is 106 Å². The molecule has 5 heteroatoms. The Morgan fingerprint density at radius 2 is 1.40 bits per heavy atom. The molecule has 4 nitrogen and oxygen atoms in total. The van der Waals surface area contributed by atoms with Gasteiger partial charge in [0, 0.05) is 10.9 Å². The van der Waals surface area contributed by atoms with Gasteiger partial charge in [-0.15, -0.1) is 0 Å². The second kappa shape index (κ2) is 6.03. The van der Waals surface area contributed by atoms with E-state index in [1.165, 1.54) is 4.90 Å². The van der Waals surface area contributed by atoms with Crippen molar-refractivity contribution >= 4 is 23.4 Å². The van der Waals surface area contributed by atoms with Gasteiger partial charge >= 0.3 is 0 Å². The van der Waals surface area contributed by atoms with E-state index >= 15 is 0 Å². The zero-order chi connectivity index (χ0) is 20.6. The van der Waals surface area contributed by atoms with Crippen LogP contribution in [0.15, 0.2) is 72.8 Å². The first kappa shape index (κ1) is 17.9. The number of hydrogen-bond acceptors (Lipinski definition) is 3. The molecule has 2 atom stereocenters. The van der Waals surface area contributed by atoms with E-state index in [1.54, 1.807) is 6.07 Å². The Morgan fingerprint density at radius 3 is 2.03 bits per heavy atom. The molecule has 3 aromatic carbocycles. The molecule has 1 heterocycles. The van der Waals surface area contributed by atoms with Gasteiger partial charge in [0.1, 0.15) is 5.60 Å². The number of aliphatic hydroxyl groups is 1. The zero-order valence-electron chi connectivity index (χ0n) is 16.0. The highest BCUT2D eigenvalue weighted by Crippen LogP contribution is 2.62. The predicted octanol–water partition coefficient (Wildman–Crippen LogP) is 3.84. The largest absolute Gasteiger partial charge is 0.379 e. The summed E-state index contributed by atoms with van der Waals surface area (Å²) < 4.78 is 0. The van der Waals surface area contributed by atoms with Crippen molar-refractivity contribution in [3.63, 3.8) is 0 Å². The van der Waals surface area contributed by atoms with Crippen LogP contribution in [0.5, 0.6) is 0 Å². The lowest BCUT2D eigenvalue weighted by atomic mass is 9.52. The molecule has 7 rings (SSSR count). The number of carbonyl (C=O) groups is 2. The molecule has 4 aliphatic rings. The van der Waals surface area contributed by atoms with Gasteiger partial charge < -0.3 is 5.11 Å². The van der Waals surface area contributed by atoms with Crippen LogP contribution in [0.3, 0.4) is 0 Å². The third-order valence-corrected chi connectivity index (χ3v) is 7.32. The van der Waals surface area contributed by atoms with E-state index in [0.717, 1.165) is 22.3 Å². The summed E-state index contributed by atoms with van der Waals surface area (Å²) in [7, 11) is 0. The fraction of sp³-hybridized carbons (Fsp3) is 0.200. The van der Waals surface area contributed by atoms with Gasteiger partial charge in [0.2, 0.25) is 11.8 Å². The molecule has 148 valence electrons. The molecular formula is C25H18ClNO3. The average Bonchev–Trinajstić information content (AvgIpc) is 3.02. The summed E-state index contributed by atoms with van der Waals surface area (Å²) in [4.78, 5) is 28.4. The summed E-state index contributed by atoms with van der Waals surface area (Å²) in [5, 5.41) is 12.6. The first-order chi connectivity index (χ1) is 14.5. The van der Waals surface area contributed by atoms with Gasteiger partial charge in [-0.1, -0.05) is 78.3 Å². The SMILES string of the molecule is O=C1C2C3c4ccccc4C(O)(c4ccccc43)C2C(=O)N1Cc1ccccc1Cl. The van der Waals surface area contributed by atoms with Crippen molar-refractivity contribution in [2.75, 3.05) is 0 Å². The maximum absolute atomic E-state index is 13.6. The number of rotatable bonds is 2. The Morgan fingerprint density at radius 1 is 0.833 bits per heavy atom. The summed E-state index contributed by atoms with van der Waals surface area (Å²) in [6.07, 6.45) is 0. The Hall–Kier alpha value is -2.95. The molecule has 3 aromatic rings. The second-order valence-electron chi connectivity index (χ2n) is 8.28. The summed E-state index contributed by atoms with van der Waals surface area (Å²) in [5.41, 5.74) is 2.52. The highest BCUT2D eigenvalue weighted by molar-refractivity contribution is 6.31. The Balaban J connectivity index is 1.54. The van der Waals surface area contributed by atoms with Crippen LogP contribution in [0, 0.1) is 11.8 Å².